The Labute approximate surface area is 190 Å². The van der Waals surface area contributed by atoms with Gasteiger partial charge in [-0.25, -0.2) is 0 Å². The molecule has 0 amide bonds. The Balaban J connectivity index is 1.63. The molecule has 166 valence electrons. The normalized spacial score (nSPS) is 17.4. The van der Waals surface area contributed by atoms with Gasteiger partial charge in [-0.15, -0.1) is 0 Å². The summed E-state index contributed by atoms with van der Waals surface area (Å²) < 4.78 is 5.44. The van der Waals surface area contributed by atoms with E-state index < -0.39 is 5.60 Å². The third kappa shape index (κ3) is 3.15. The molecule has 1 aromatic carbocycles. The first-order valence-corrected chi connectivity index (χ1v) is 11.0. The Morgan fingerprint density at radius 2 is 1.67 bits per heavy atom. The van der Waals surface area contributed by atoms with Crippen molar-refractivity contribution in [2.24, 2.45) is 5.92 Å². The minimum Gasteiger partial charge on any atom is -0.373 e. The minimum absolute atomic E-state index is 0.103. The van der Waals surface area contributed by atoms with Crippen molar-refractivity contribution in [2.75, 3.05) is 10.6 Å². The summed E-state index contributed by atoms with van der Waals surface area (Å²) in [5, 5.41) is 23.7. The molecule has 1 saturated carbocycles. The lowest BCUT2D eigenvalue weighted by molar-refractivity contribution is 0.116. The van der Waals surface area contributed by atoms with E-state index in [4.69, 9.17) is 4.52 Å². The van der Waals surface area contributed by atoms with Crippen molar-refractivity contribution in [3.8, 4) is 11.1 Å². The highest BCUT2D eigenvalue weighted by Crippen LogP contribution is 2.49. The lowest BCUT2D eigenvalue weighted by Gasteiger charge is -2.29. The van der Waals surface area contributed by atoms with Crippen molar-refractivity contribution in [1.82, 2.24) is 25.1 Å². The number of rotatable bonds is 5. The zero-order valence-electron chi connectivity index (χ0n) is 18.3. The highest BCUT2D eigenvalue weighted by Gasteiger charge is 2.44. The molecule has 6 rings (SSSR count). The monoisotopic (exact) mass is 441 g/mol. The molecule has 4 aromatic rings. The molecule has 1 atom stereocenters. The molecule has 0 spiro atoms. The van der Waals surface area contributed by atoms with Crippen LogP contribution in [0.3, 0.4) is 0 Å². The van der Waals surface area contributed by atoms with Crippen LogP contribution < -0.4 is 10.6 Å². The lowest BCUT2D eigenvalue weighted by atomic mass is 9.84. The second-order valence-corrected chi connectivity index (χ2v) is 8.64. The van der Waals surface area contributed by atoms with Crippen molar-refractivity contribution in [1.29, 1.82) is 0 Å². The summed E-state index contributed by atoms with van der Waals surface area (Å²) in [4.78, 5) is 17.4. The molecule has 3 aromatic heterocycles. The van der Waals surface area contributed by atoms with Crippen LogP contribution in [0, 0.1) is 19.8 Å². The Hall–Kier alpha value is -3.85. The number of hydrogen-bond donors (Lipinski definition) is 3. The Kier molecular flexibility index (Phi) is 4.41. The van der Waals surface area contributed by atoms with Crippen LogP contribution in [0.5, 0.6) is 0 Å². The quantitative estimate of drug-likeness (QED) is 0.428. The fourth-order valence-corrected chi connectivity index (χ4v) is 4.64. The predicted octanol–water partition coefficient (Wildman–Crippen LogP) is 3.40. The molecule has 0 saturated heterocycles. The van der Waals surface area contributed by atoms with Gasteiger partial charge in [0.2, 0.25) is 0 Å². The Morgan fingerprint density at radius 1 is 0.970 bits per heavy atom. The Morgan fingerprint density at radius 3 is 2.21 bits per heavy atom. The van der Waals surface area contributed by atoms with Gasteiger partial charge in [-0.1, -0.05) is 5.16 Å². The van der Waals surface area contributed by atoms with Gasteiger partial charge in [-0.3, -0.25) is 19.9 Å². The van der Waals surface area contributed by atoms with Crippen LogP contribution in [0.25, 0.3) is 11.1 Å². The molecule has 1 fully saturated rings. The fraction of sp³-hybridized carbons (Fsp3) is 0.292. The van der Waals surface area contributed by atoms with Crippen molar-refractivity contribution in [2.45, 2.75) is 38.5 Å². The fourth-order valence-electron chi connectivity index (χ4n) is 4.64. The van der Waals surface area contributed by atoms with E-state index in [0.29, 0.717) is 28.6 Å². The van der Waals surface area contributed by atoms with Crippen molar-refractivity contribution in [3.63, 3.8) is 0 Å². The van der Waals surface area contributed by atoms with Gasteiger partial charge in [0.15, 0.2) is 5.60 Å². The van der Waals surface area contributed by atoms with Gasteiger partial charge < -0.3 is 20.3 Å². The number of nitrogens with zero attached hydrogens (tertiary/aromatic N) is 5. The van der Waals surface area contributed by atoms with Gasteiger partial charge in [-0.05, 0) is 50.3 Å². The van der Waals surface area contributed by atoms with E-state index in [1.54, 1.807) is 37.2 Å². The van der Waals surface area contributed by atoms with Gasteiger partial charge in [0, 0.05) is 35.9 Å². The first-order chi connectivity index (χ1) is 16.1. The summed E-state index contributed by atoms with van der Waals surface area (Å²) >= 11 is 0. The number of hydrogen-bond acceptors (Lipinski definition) is 9. The molecule has 3 N–H and O–H groups in total. The van der Waals surface area contributed by atoms with Gasteiger partial charge in [-0.2, -0.15) is 0 Å². The topological polar surface area (TPSA) is 122 Å². The molecular weight excluding hydrogens is 418 g/mol. The van der Waals surface area contributed by atoms with Crippen LogP contribution in [0.15, 0.2) is 53.8 Å². The van der Waals surface area contributed by atoms with Crippen LogP contribution in [-0.4, -0.2) is 36.4 Å². The molecule has 4 heterocycles. The van der Waals surface area contributed by atoms with Crippen LogP contribution in [0.1, 0.15) is 41.2 Å². The summed E-state index contributed by atoms with van der Waals surface area (Å²) in [6, 6.07) is 4.03. The average molecular weight is 441 g/mol. The van der Waals surface area contributed by atoms with E-state index in [1.165, 1.54) is 12.8 Å². The Bertz CT molecular complexity index is 1260. The first-order valence-electron chi connectivity index (χ1n) is 11.0. The number of fused-ring (bicyclic) bond motifs is 1. The molecule has 0 bridgehead atoms. The van der Waals surface area contributed by atoms with E-state index in [9.17, 15) is 5.11 Å². The molecule has 9 nitrogen and oxygen atoms in total. The van der Waals surface area contributed by atoms with E-state index in [1.807, 2.05) is 19.9 Å². The summed E-state index contributed by atoms with van der Waals surface area (Å²) in [5.74, 6) is 1.26. The molecule has 0 radical (unpaired) electrons. The van der Waals surface area contributed by atoms with E-state index >= 15 is 0 Å². The van der Waals surface area contributed by atoms with Crippen LogP contribution in [0.2, 0.25) is 0 Å². The molecule has 1 unspecified atom stereocenters. The maximum absolute atomic E-state index is 12.4. The van der Waals surface area contributed by atoms with Gasteiger partial charge in [0.25, 0.3) is 0 Å². The van der Waals surface area contributed by atoms with Crippen molar-refractivity contribution < 1.29 is 9.63 Å². The summed E-state index contributed by atoms with van der Waals surface area (Å²) in [6.45, 7) is 3.80. The SMILES string of the molecule is Cc1noc(C)c1-c1cc2c(c(C(O)(c3cnccn3)c3cnccn3)c1)NC(C1CC1)N2. The van der Waals surface area contributed by atoms with Gasteiger partial charge >= 0.3 is 0 Å². The number of aromatic nitrogens is 5. The van der Waals surface area contributed by atoms with Crippen LogP contribution in [0.4, 0.5) is 11.4 Å². The average Bonchev–Trinajstić information content (AvgIpc) is 3.53. The number of benzene rings is 1. The molecule has 1 aliphatic heterocycles. The number of aliphatic hydroxyl groups is 1. The maximum Gasteiger partial charge on any atom is 0.179 e. The summed E-state index contributed by atoms with van der Waals surface area (Å²) in [5.41, 5.74) is 3.95. The minimum atomic E-state index is -1.69. The maximum atomic E-state index is 12.4. The number of anilines is 2. The number of aryl methyl sites for hydroxylation is 2. The molecular formula is C24H23N7O2. The zero-order valence-corrected chi connectivity index (χ0v) is 18.3. The van der Waals surface area contributed by atoms with Crippen LogP contribution in [-0.2, 0) is 5.60 Å². The standard InChI is InChI=1S/C24H23N7O2/c1-13-21(14(2)33-31-13)16-9-17(22-18(10-16)29-23(30-22)15-3-4-15)24(32,19-11-25-5-7-27-19)20-12-26-6-8-28-20/h5-12,15,23,29-30,32H,3-4H2,1-2H3. The third-order valence-electron chi connectivity index (χ3n) is 6.42. The van der Waals surface area contributed by atoms with Crippen LogP contribution >= 0.6 is 0 Å². The molecule has 9 heteroatoms. The zero-order chi connectivity index (χ0) is 22.6. The second-order valence-electron chi connectivity index (χ2n) is 8.64. The molecule has 2 aliphatic rings. The third-order valence-corrected chi connectivity index (χ3v) is 6.42. The highest BCUT2D eigenvalue weighted by molar-refractivity contribution is 5.86. The summed E-state index contributed by atoms with van der Waals surface area (Å²) in [7, 11) is 0. The largest absolute Gasteiger partial charge is 0.373 e. The molecule has 1 aliphatic carbocycles. The second kappa shape index (κ2) is 7.35. The summed E-state index contributed by atoms with van der Waals surface area (Å²) in [6.07, 6.45) is 11.8. The van der Waals surface area contributed by atoms with Crippen molar-refractivity contribution in [3.05, 3.63) is 77.7 Å². The molecule has 33 heavy (non-hydrogen) atoms. The smallest absolute Gasteiger partial charge is 0.179 e. The first kappa shape index (κ1) is 19.8. The lowest BCUT2D eigenvalue weighted by Crippen LogP contribution is -2.33. The van der Waals surface area contributed by atoms with Crippen molar-refractivity contribution >= 4 is 11.4 Å². The van der Waals surface area contributed by atoms with Gasteiger partial charge in [0.05, 0.1) is 35.6 Å². The van der Waals surface area contributed by atoms with E-state index in [-0.39, 0.29) is 6.17 Å². The van der Waals surface area contributed by atoms with Gasteiger partial charge in [0.1, 0.15) is 17.1 Å². The predicted molar refractivity (Wildman–Crippen MR) is 121 cm³/mol. The number of nitrogens with one attached hydrogen (secondary N) is 2. The van der Waals surface area contributed by atoms with E-state index in [2.05, 4.69) is 41.8 Å². The van der Waals surface area contributed by atoms with E-state index in [0.717, 1.165) is 28.2 Å². The highest BCUT2D eigenvalue weighted by atomic mass is 16.5.